The van der Waals surface area contributed by atoms with E-state index in [-0.39, 0.29) is 11.1 Å². The highest BCUT2D eigenvalue weighted by atomic mass is 35.5. The third kappa shape index (κ3) is 3.56. The van der Waals surface area contributed by atoms with Crippen molar-refractivity contribution in [2.75, 3.05) is 20.2 Å². The van der Waals surface area contributed by atoms with Gasteiger partial charge in [-0.2, -0.15) is 0 Å². The molecule has 0 aliphatic carbocycles. The summed E-state index contributed by atoms with van der Waals surface area (Å²) in [6.07, 6.45) is 2.05. The molecule has 0 atom stereocenters. The molecule has 2 aliphatic heterocycles. The van der Waals surface area contributed by atoms with Crippen LogP contribution in [0.2, 0.25) is 5.02 Å². The van der Waals surface area contributed by atoms with Crippen molar-refractivity contribution in [1.29, 1.82) is 0 Å². The molecule has 0 bridgehead atoms. The molecule has 0 amide bonds. The van der Waals surface area contributed by atoms with E-state index in [9.17, 15) is 0 Å². The molecule has 2 aliphatic rings. The number of likely N-dealkylation sites (tertiary alicyclic amines) is 1. The second kappa shape index (κ2) is 7.57. The van der Waals surface area contributed by atoms with Crippen molar-refractivity contribution < 1.29 is 4.74 Å². The summed E-state index contributed by atoms with van der Waals surface area (Å²) in [6, 6.07) is 14.5. The largest absolute Gasteiger partial charge is 0.497 e. The number of methoxy groups -OCH3 is 1. The minimum absolute atomic E-state index is 0.133. The average molecular weight is 429 g/mol. The van der Waals surface area contributed by atoms with Crippen molar-refractivity contribution in [3.8, 4) is 5.75 Å². The maximum absolute atomic E-state index is 6.78. The highest BCUT2D eigenvalue weighted by Crippen LogP contribution is 2.50. The van der Waals surface area contributed by atoms with Crippen molar-refractivity contribution in [3.63, 3.8) is 0 Å². The summed E-state index contributed by atoms with van der Waals surface area (Å²) in [7, 11) is 1.70. The molecule has 0 unspecified atom stereocenters. The fourth-order valence-electron chi connectivity index (χ4n) is 4.85. The summed E-state index contributed by atoms with van der Waals surface area (Å²) in [4.78, 5) is 5.92. The van der Waals surface area contributed by atoms with Gasteiger partial charge in [0.1, 0.15) is 10.7 Å². The maximum Gasteiger partial charge on any atom is 0.118 e. The van der Waals surface area contributed by atoms with E-state index < -0.39 is 0 Å². The van der Waals surface area contributed by atoms with Crippen LogP contribution < -0.4 is 4.74 Å². The normalized spacial score (nSPS) is 18.9. The molecule has 2 aromatic carbocycles. The molecule has 1 saturated heterocycles. The molecule has 2 aromatic rings. The minimum Gasteiger partial charge on any atom is -0.497 e. The summed E-state index contributed by atoms with van der Waals surface area (Å²) < 4.78 is 5.32. The fraction of sp³-hybridized carbons (Fsp3) is 0.458. The zero-order valence-corrected chi connectivity index (χ0v) is 19.2. The molecule has 0 radical (unpaired) electrons. The van der Waals surface area contributed by atoms with Gasteiger partial charge in [0.25, 0.3) is 0 Å². The van der Waals surface area contributed by atoms with Crippen molar-refractivity contribution in [1.82, 2.24) is 9.80 Å². The number of hydrogen-bond donors (Lipinski definition) is 0. The van der Waals surface area contributed by atoms with Crippen LogP contribution >= 0.6 is 23.8 Å². The lowest BCUT2D eigenvalue weighted by Crippen LogP contribution is -2.55. The lowest BCUT2D eigenvalue weighted by molar-refractivity contribution is 0.0261. The van der Waals surface area contributed by atoms with E-state index in [0.717, 1.165) is 53.8 Å². The lowest BCUT2D eigenvalue weighted by Gasteiger charge is -2.49. The molecule has 0 N–H and O–H groups in total. The Morgan fingerprint density at radius 1 is 1.07 bits per heavy atom. The lowest BCUT2D eigenvalue weighted by atomic mass is 9.79. The monoisotopic (exact) mass is 428 g/mol. The summed E-state index contributed by atoms with van der Waals surface area (Å²) in [6.45, 7) is 9.73. The van der Waals surface area contributed by atoms with E-state index >= 15 is 0 Å². The van der Waals surface area contributed by atoms with Gasteiger partial charge in [-0.15, -0.1) is 0 Å². The molecular formula is C24H29ClN2OS. The number of halogens is 1. The highest BCUT2D eigenvalue weighted by molar-refractivity contribution is 7.80. The van der Waals surface area contributed by atoms with Crippen LogP contribution in [0.3, 0.4) is 0 Å². The van der Waals surface area contributed by atoms with Crippen LogP contribution in [0, 0.1) is 0 Å². The summed E-state index contributed by atoms with van der Waals surface area (Å²) in [5.41, 5.74) is 3.63. The van der Waals surface area contributed by atoms with Gasteiger partial charge in [0.15, 0.2) is 0 Å². The van der Waals surface area contributed by atoms with Crippen LogP contribution in [0.25, 0.3) is 0 Å². The first kappa shape index (κ1) is 20.6. The summed E-state index contributed by atoms with van der Waals surface area (Å²) >= 11 is 12.8. The summed E-state index contributed by atoms with van der Waals surface area (Å²) in [5, 5.41) is 0.839. The van der Waals surface area contributed by atoms with Gasteiger partial charge in [0.05, 0.1) is 12.6 Å². The molecular weight excluding hydrogens is 400 g/mol. The molecule has 0 aromatic heterocycles. The minimum atomic E-state index is -0.133. The number of nitrogens with zero attached hydrogens (tertiary/aromatic N) is 2. The number of fused-ring (bicyclic) bond motifs is 2. The first-order valence-electron chi connectivity index (χ1n) is 10.3. The number of piperidine rings is 1. The third-order valence-corrected chi connectivity index (χ3v) is 7.27. The van der Waals surface area contributed by atoms with E-state index in [1.807, 2.05) is 24.3 Å². The SMILES string of the molecule is COc1ccc(CN2C(=S)c3cccc(Cl)c3C23CCN(C(C)(C)C)CC3)cc1. The Bertz CT molecular complexity index is 911. The van der Waals surface area contributed by atoms with Crippen LogP contribution in [-0.2, 0) is 12.1 Å². The molecule has 4 rings (SSSR count). The van der Waals surface area contributed by atoms with Gasteiger partial charge in [0.2, 0.25) is 0 Å². The molecule has 1 spiro atoms. The highest BCUT2D eigenvalue weighted by Gasteiger charge is 2.50. The molecule has 29 heavy (non-hydrogen) atoms. The van der Waals surface area contributed by atoms with Gasteiger partial charge < -0.3 is 9.64 Å². The van der Waals surface area contributed by atoms with Crippen LogP contribution in [0.15, 0.2) is 42.5 Å². The van der Waals surface area contributed by atoms with Gasteiger partial charge in [-0.3, -0.25) is 4.90 Å². The number of ether oxygens (including phenoxy) is 1. The quantitative estimate of drug-likeness (QED) is 0.588. The second-order valence-electron chi connectivity index (χ2n) is 9.09. The standard InChI is InChI=1S/C24H29ClN2OS/c1-23(2,3)26-14-12-24(13-15-26)21-19(6-5-7-20(21)25)22(29)27(24)16-17-8-10-18(28-4)11-9-17/h5-11H,12-16H2,1-4H3. The zero-order chi connectivity index (χ0) is 20.8. The predicted octanol–water partition coefficient (Wildman–Crippen LogP) is 5.63. The smallest absolute Gasteiger partial charge is 0.118 e. The fourth-order valence-corrected chi connectivity index (χ4v) is 5.61. The van der Waals surface area contributed by atoms with E-state index in [2.05, 4.69) is 48.8 Å². The third-order valence-electron chi connectivity index (χ3n) is 6.51. The molecule has 5 heteroatoms. The zero-order valence-electron chi connectivity index (χ0n) is 17.7. The van der Waals surface area contributed by atoms with Crippen LogP contribution in [-0.4, -0.2) is 40.5 Å². The Labute approximate surface area is 184 Å². The van der Waals surface area contributed by atoms with E-state index in [1.54, 1.807) is 7.11 Å². The summed E-state index contributed by atoms with van der Waals surface area (Å²) in [5.74, 6) is 0.872. The molecule has 2 heterocycles. The maximum atomic E-state index is 6.78. The predicted molar refractivity (Wildman–Crippen MR) is 124 cm³/mol. The first-order valence-corrected chi connectivity index (χ1v) is 11.0. The molecule has 0 saturated carbocycles. The van der Waals surface area contributed by atoms with Gasteiger partial charge in [-0.05, 0) is 57.4 Å². The topological polar surface area (TPSA) is 15.7 Å². The van der Waals surface area contributed by atoms with Crippen LogP contribution in [0.5, 0.6) is 5.75 Å². The van der Waals surface area contributed by atoms with E-state index in [4.69, 9.17) is 28.6 Å². The van der Waals surface area contributed by atoms with Crippen molar-refractivity contribution >= 4 is 28.8 Å². The number of thiocarbonyl (C=S) groups is 1. The van der Waals surface area contributed by atoms with Crippen molar-refractivity contribution in [2.24, 2.45) is 0 Å². The van der Waals surface area contributed by atoms with Gasteiger partial charge >= 0.3 is 0 Å². The molecule has 154 valence electrons. The number of rotatable bonds is 3. The molecule has 3 nitrogen and oxygen atoms in total. The Kier molecular flexibility index (Phi) is 5.39. The Balaban J connectivity index is 1.71. The average Bonchev–Trinajstić information content (AvgIpc) is 2.92. The van der Waals surface area contributed by atoms with Crippen LogP contribution in [0.1, 0.15) is 50.3 Å². The first-order chi connectivity index (χ1) is 13.8. The van der Waals surface area contributed by atoms with E-state index in [0.29, 0.717) is 0 Å². The number of benzene rings is 2. The van der Waals surface area contributed by atoms with E-state index in [1.165, 1.54) is 11.1 Å². The second-order valence-corrected chi connectivity index (χ2v) is 9.89. The van der Waals surface area contributed by atoms with Gasteiger partial charge in [-0.1, -0.05) is 48.1 Å². The van der Waals surface area contributed by atoms with Crippen molar-refractivity contribution in [2.45, 2.75) is 51.2 Å². The van der Waals surface area contributed by atoms with Gasteiger partial charge in [-0.25, -0.2) is 0 Å². The Hall–Kier alpha value is -1.62. The Morgan fingerprint density at radius 3 is 2.31 bits per heavy atom. The van der Waals surface area contributed by atoms with Crippen LogP contribution in [0.4, 0.5) is 0 Å². The number of hydrogen-bond acceptors (Lipinski definition) is 3. The van der Waals surface area contributed by atoms with Gasteiger partial charge in [0, 0.05) is 41.3 Å². The Morgan fingerprint density at radius 2 is 1.72 bits per heavy atom. The molecule has 1 fully saturated rings. The van der Waals surface area contributed by atoms with Crippen molar-refractivity contribution in [3.05, 3.63) is 64.2 Å².